The molecule has 0 amide bonds. The van der Waals surface area contributed by atoms with Gasteiger partial charge in [0.25, 0.3) is 0 Å². The van der Waals surface area contributed by atoms with Crippen LogP contribution in [-0.2, 0) is 4.74 Å². The maximum atomic E-state index is 9.40. The lowest BCUT2D eigenvalue weighted by Gasteiger charge is -2.42. The molecule has 0 aromatic rings. The van der Waals surface area contributed by atoms with Gasteiger partial charge in [-0.2, -0.15) is 5.26 Å². The van der Waals surface area contributed by atoms with E-state index in [2.05, 4.69) is 30.1 Å². The Morgan fingerprint density at radius 3 is 2.78 bits per heavy atom. The van der Waals surface area contributed by atoms with Gasteiger partial charge in [0, 0.05) is 25.7 Å². The Morgan fingerprint density at radius 1 is 1.56 bits per heavy atom. The summed E-state index contributed by atoms with van der Waals surface area (Å²) in [5.41, 5.74) is -0.330. The van der Waals surface area contributed by atoms with Crippen LogP contribution >= 0.6 is 0 Å². The van der Waals surface area contributed by atoms with E-state index in [4.69, 9.17) is 4.74 Å². The van der Waals surface area contributed by atoms with Crippen molar-refractivity contribution in [1.82, 2.24) is 10.2 Å². The zero-order chi connectivity index (χ0) is 13.6. The van der Waals surface area contributed by atoms with Crippen molar-refractivity contribution in [2.75, 3.05) is 27.3 Å². The van der Waals surface area contributed by atoms with Crippen LogP contribution in [-0.4, -0.2) is 49.8 Å². The smallest absolute Gasteiger partial charge is 0.108 e. The third kappa shape index (κ3) is 3.68. The minimum atomic E-state index is -0.330. The number of rotatable bonds is 6. The van der Waals surface area contributed by atoms with E-state index in [0.29, 0.717) is 12.1 Å². The number of hydrogen-bond acceptors (Lipinski definition) is 4. The fourth-order valence-corrected chi connectivity index (χ4v) is 2.97. The Balaban J connectivity index is 2.70. The van der Waals surface area contributed by atoms with Crippen molar-refractivity contribution in [3.63, 3.8) is 0 Å². The van der Waals surface area contributed by atoms with E-state index in [9.17, 15) is 5.26 Å². The lowest BCUT2D eigenvalue weighted by molar-refractivity contribution is 0.0632. The van der Waals surface area contributed by atoms with Gasteiger partial charge in [-0.15, -0.1) is 0 Å². The predicted molar refractivity (Wildman–Crippen MR) is 73.4 cm³/mol. The van der Waals surface area contributed by atoms with E-state index >= 15 is 0 Å². The van der Waals surface area contributed by atoms with Crippen LogP contribution in [0, 0.1) is 11.3 Å². The van der Waals surface area contributed by atoms with Crippen molar-refractivity contribution in [3.05, 3.63) is 0 Å². The topological polar surface area (TPSA) is 48.3 Å². The van der Waals surface area contributed by atoms with Gasteiger partial charge in [-0.1, -0.05) is 0 Å². The van der Waals surface area contributed by atoms with E-state index in [1.807, 2.05) is 7.05 Å². The second-order valence-electron chi connectivity index (χ2n) is 5.52. The standard InChI is InChI=1S/C14H27N3O/c1-12(2)17(8-9-18-4)13-6-5-7-14(10-13,11-15)16-3/h12-13,16H,5-10H2,1-4H3. The van der Waals surface area contributed by atoms with Crippen molar-refractivity contribution in [3.8, 4) is 6.07 Å². The minimum absolute atomic E-state index is 0.330. The SMILES string of the molecule is CNC1(C#N)CCCC(N(CCOC)C(C)C)C1. The van der Waals surface area contributed by atoms with Crippen LogP contribution in [0.5, 0.6) is 0 Å². The van der Waals surface area contributed by atoms with Gasteiger partial charge in [0.2, 0.25) is 0 Å². The van der Waals surface area contributed by atoms with Gasteiger partial charge in [-0.25, -0.2) is 0 Å². The first-order valence-electron chi connectivity index (χ1n) is 6.93. The number of nitrogens with zero attached hydrogens (tertiary/aromatic N) is 2. The second kappa shape index (κ2) is 7.08. The highest BCUT2D eigenvalue weighted by Crippen LogP contribution is 2.31. The van der Waals surface area contributed by atoms with Gasteiger partial charge in [0.05, 0.1) is 12.7 Å². The molecule has 0 aromatic carbocycles. The van der Waals surface area contributed by atoms with Crippen molar-refractivity contribution in [1.29, 1.82) is 5.26 Å². The molecule has 0 heterocycles. The lowest BCUT2D eigenvalue weighted by Crippen LogP contribution is -2.53. The molecule has 1 N–H and O–H groups in total. The number of nitriles is 1. The Bertz CT molecular complexity index is 287. The van der Waals surface area contributed by atoms with Crippen LogP contribution < -0.4 is 5.32 Å². The molecule has 0 aliphatic heterocycles. The van der Waals surface area contributed by atoms with E-state index in [-0.39, 0.29) is 5.54 Å². The van der Waals surface area contributed by atoms with Crippen molar-refractivity contribution >= 4 is 0 Å². The second-order valence-corrected chi connectivity index (χ2v) is 5.52. The fraction of sp³-hybridized carbons (Fsp3) is 0.929. The Labute approximate surface area is 111 Å². The molecule has 104 valence electrons. The maximum Gasteiger partial charge on any atom is 0.108 e. The molecule has 2 unspecified atom stereocenters. The molecule has 0 radical (unpaired) electrons. The Hall–Kier alpha value is -0.630. The molecule has 2 atom stereocenters. The fourth-order valence-electron chi connectivity index (χ4n) is 2.97. The van der Waals surface area contributed by atoms with Crippen LogP contribution in [0.1, 0.15) is 39.5 Å². The zero-order valence-electron chi connectivity index (χ0n) is 12.2. The van der Waals surface area contributed by atoms with Gasteiger partial charge in [0.1, 0.15) is 5.54 Å². The molecule has 0 saturated heterocycles. The summed E-state index contributed by atoms with van der Waals surface area (Å²) in [5, 5.41) is 12.6. The van der Waals surface area contributed by atoms with E-state index in [1.165, 1.54) is 6.42 Å². The quantitative estimate of drug-likeness (QED) is 0.783. The summed E-state index contributed by atoms with van der Waals surface area (Å²) in [5.74, 6) is 0. The third-order valence-electron chi connectivity index (χ3n) is 4.10. The summed E-state index contributed by atoms with van der Waals surface area (Å²) in [6.45, 7) is 6.15. The van der Waals surface area contributed by atoms with E-state index < -0.39 is 0 Å². The molecule has 1 rings (SSSR count). The summed E-state index contributed by atoms with van der Waals surface area (Å²) in [7, 11) is 3.65. The minimum Gasteiger partial charge on any atom is -0.383 e. The molecule has 1 saturated carbocycles. The monoisotopic (exact) mass is 253 g/mol. The lowest BCUT2D eigenvalue weighted by atomic mass is 9.79. The average Bonchev–Trinajstić information content (AvgIpc) is 2.39. The predicted octanol–water partition coefficient (Wildman–Crippen LogP) is 1.77. The average molecular weight is 253 g/mol. The molecule has 0 spiro atoms. The molecule has 1 fully saturated rings. The molecule has 4 heteroatoms. The van der Waals surface area contributed by atoms with Gasteiger partial charge in [-0.3, -0.25) is 4.90 Å². The first-order valence-corrected chi connectivity index (χ1v) is 6.93. The third-order valence-corrected chi connectivity index (χ3v) is 4.10. The number of nitrogens with one attached hydrogen (secondary N) is 1. The molecule has 4 nitrogen and oxygen atoms in total. The normalized spacial score (nSPS) is 28.6. The van der Waals surface area contributed by atoms with Gasteiger partial charge < -0.3 is 10.1 Å². The first kappa shape index (κ1) is 15.4. The van der Waals surface area contributed by atoms with Crippen LogP contribution in [0.3, 0.4) is 0 Å². The summed E-state index contributed by atoms with van der Waals surface area (Å²) < 4.78 is 5.20. The zero-order valence-corrected chi connectivity index (χ0v) is 12.2. The van der Waals surface area contributed by atoms with Crippen molar-refractivity contribution in [2.45, 2.75) is 57.2 Å². The van der Waals surface area contributed by atoms with Crippen molar-refractivity contribution < 1.29 is 4.74 Å². The van der Waals surface area contributed by atoms with Gasteiger partial charge in [0.15, 0.2) is 0 Å². The Morgan fingerprint density at radius 2 is 2.28 bits per heavy atom. The summed E-state index contributed by atoms with van der Waals surface area (Å²) in [6, 6.07) is 3.46. The van der Waals surface area contributed by atoms with Crippen LogP contribution in [0.25, 0.3) is 0 Å². The van der Waals surface area contributed by atoms with Gasteiger partial charge in [-0.05, 0) is 46.6 Å². The molecule has 1 aliphatic carbocycles. The van der Waals surface area contributed by atoms with Crippen LogP contribution in [0.4, 0.5) is 0 Å². The summed E-state index contributed by atoms with van der Waals surface area (Å²) in [4.78, 5) is 2.48. The van der Waals surface area contributed by atoms with E-state index in [1.54, 1.807) is 7.11 Å². The highest BCUT2D eigenvalue weighted by molar-refractivity contribution is 5.10. The van der Waals surface area contributed by atoms with Gasteiger partial charge >= 0.3 is 0 Å². The molecular weight excluding hydrogens is 226 g/mol. The summed E-state index contributed by atoms with van der Waals surface area (Å²) in [6.07, 6.45) is 4.19. The molecule has 0 aromatic heterocycles. The van der Waals surface area contributed by atoms with Crippen LogP contribution in [0.15, 0.2) is 0 Å². The molecule has 18 heavy (non-hydrogen) atoms. The molecule has 1 aliphatic rings. The Kier molecular flexibility index (Phi) is 6.07. The number of methoxy groups -OCH3 is 1. The summed E-state index contributed by atoms with van der Waals surface area (Å²) >= 11 is 0. The largest absolute Gasteiger partial charge is 0.383 e. The van der Waals surface area contributed by atoms with Crippen LogP contribution in [0.2, 0.25) is 0 Å². The highest BCUT2D eigenvalue weighted by Gasteiger charge is 2.37. The molecular formula is C14H27N3O. The highest BCUT2D eigenvalue weighted by atomic mass is 16.5. The van der Waals surface area contributed by atoms with E-state index in [0.717, 1.165) is 32.4 Å². The molecule has 0 bridgehead atoms. The first-order chi connectivity index (χ1) is 8.58. The maximum absolute atomic E-state index is 9.40. The number of ether oxygens (including phenoxy) is 1. The van der Waals surface area contributed by atoms with Crippen molar-refractivity contribution in [2.24, 2.45) is 0 Å². The number of hydrogen-bond donors (Lipinski definition) is 1.